The standard InChI is InChI=1S/C23H26ClNO6/c1-22(2)8-15(26)20(16(27)9-22)19(12-5-6-13(24)14(7-12)25(30)31)21-17(28)10-23(3,4)11-18(21)29/h5-7,19,26,28H,8-11H2,1-4H3/p-1. The van der Waals surface area contributed by atoms with Gasteiger partial charge in [0.05, 0.1) is 4.92 Å². The molecule has 0 aliphatic heterocycles. The van der Waals surface area contributed by atoms with Crippen LogP contribution in [0.15, 0.2) is 40.9 Å². The van der Waals surface area contributed by atoms with Gasteiger partial charge in [0.1, 0.15) is 10.8 Å². The van der Waals surface area contributed by atoms with Crippen molar-refractivity contribution < 1.29 is 24.7 Å². The van der Waals surface area contributed by atoms with Gasteiger partial charge < -0.3 is 10.2 Å². The number of aliphatic hydroxyl groups is 1. The second kappa shape index (κ2) is 7.79. The van der Waals surface area contributed by atoms with Gasteiger partial charge in [0, 0.05) is 36.8 Å². The predicted octanol–water partition coefficient (Wildman–Crippen LogP) is 4.54. The Morgan fingerprint density at radius 3 is 2.06 bits per heavy atom. The predicted molar refractivity (Wildman–Crippen MR) is 114 cm³/mol. The number of rotatable bonds is 4. The molecule has 0 saturated heterocycles. The smallest absolute Gasteiger partial charge is 0.288 e. The molecule has 0 radical (unpaired) electrons. The lowest BCUT2D eigenvalue weighted by molar-refractivity contribution is -0.384. The molecule has 1 atom stereocenters. The van der Waals surface area contributed by atoms with E-state index in [1.54, 1.807) is 0 Å². The minimum Gasteiger partial charge on any atom is -0.875 e. The molecule has 0 spiro atoms. The van der Waals surface area contributed by atoms with Gasteiger partial charge in [0.2, 0.25) is 0 Å². The van der Waals surface area contributed by atoms with Gasteiger partial charge in [-0.2, -0.15) is 0 Å². The first kappa shape index (κ1) is 23.0. The summed E-state index contributed by atoms with van der Waals surface area (Å²) in [7, 11) is 0. The van der Waals surface area contributed by atoms with E-state index in [1.165, 1.54) is 18.2 Å². The molecular weight excluding hydrogens is 422 g/mol. The lowest BCUT2D eigenvalue weighted by Gasteiger charge is -2.40. The number of carbonyl (C=O) groups excluding carboxylic acids is 2. The molecule has 1 aromatic rings. The monoisotopic (exact) mass is 446 g/mol. The average molecular weight is 447 g/mol. The van der Waals surface area contributed by atoms with E-state index >= 15 is 0 Å². The summed E-state index contributed by atoms with van der Waals surface area (Å²) in [6, 6.07) is 3.94. The minimum atomic E-state index is -1.17. The summed E-state index contributed by atoms with van der Waals surface area (Å²) in [6.07, 6.45) is 0.531. The lowest BCUT2D eigenvalue weighted by Crippen LogP contribution is -2.35. The van der Waals surface area contributed by atoms with Crippen molar-refractivity contribution in [1.82, 2.24) is 0 Å². The van der Waals surface area contributed by atoms with Crippen molar-refractivity contribution in [2.75, 3.05) is 0 Å². The third-order valence-corrected chi connectivity index (χ3v) is 6.17. The van der Waals surface area contributed by atoms with Crippen LogP contribution in [0.4, 0.5) is 5.69 Å². The highest BCUT2D eigenvalue weighted by Gasteiger charge is 2.42. The first-order chi connectivity index (χ1) is 14.2. The Hall–Kier alpha value is -2.67. The number of aliphatic hydroxyl groups excluding tert-OH is 1. The molecule has 0 bridgehead atoms. The summed E-state index contributed by atoms with van der Waals surface area (Å²) in [4.78, 5) is 36.9. The average Bonchev–Trinajstić information content (AvgIpc) is 2.57. The topological polar surface area (TPSA) is 121 Å². The fourth-order valence-electron chi connectivity index (χ4n) is 4.56. The lowest BCUT2D eigenvalue weighted by atomic mass is 9.67. The van der Waals surface area contributed by atoms with Gasteiger partial charge in [0.25, 0.3) is 5.69 Å². The fourth-order valence-corrected chi connectivity index (χ4v) is 4.74. The summed E-state index contributed by atoms with van der Waals surface area (Å²) < 4.78 is 0. The van der Waals surface area contributed by atoms with Gasteiger partial charge in [0.15, 0.2) is 11.6 Å². The molecular formula is C23H25ClNO6-. The molecule has 3 rings (SSSR count). The van der Waals surface area contributed by atoms with Crippen LogP contribution in [0.3, 0.4) is 0 Å². The zero-order chi connectivity index (χ0) is 23.3. The van der Waals surface area contributed by atoms with E-state index in [-0.39, 0.29) is 59.0 Å². The SMILES string of the molecule is CC1(C)CC(=O)C(C(C2=C(O)CC(C)(C)CC2=O)c2ccc(Cl)c([N+](=O)[O-])c2)=C([O-])C1. The number of halogens is 1. The Balaban J connectivity index is 2.29. The molecule has 0 amide bonds. The minimum absolute atomic E-state index is 0.0349. The molecule has 0 fully saturated rings. The van der Waals surface area contributed by atoms with E-state index in [0.29, 0.717) is 0 Å². The highest BCUT2D eigenvalue weighted by molar-refractivity contribution is 6.32. The highest BCUT2D eigenvalue weighted by atomic mass is 35.5. The number of hydrogen-bond acceptors (Lipinski definition) is 6. The number of benzene rings is 1. The molecule has 2 aliphatic carbocycles. The zero-order valence-electron chi connectivity index (χ0n) is 18.0. The van der Waals surface area contributed by atoms with Crippen molar-refractivity contribution in [2.24, 2.45) is 10.8 Å². The van der Waals surface area contributed by atoms with E-state index in [0.717, 1.165) is 0 Å². The maximum absolute atomic E-state index is 13.1. The molecule has 0 aromatic heterocycles. The zero-order valence-corrected chi connectivity index (χ0v) is 18.7. The summed E-state index contributed by atoms with van der Waals surface area (Å²) in [5, 5.41) is 35.2. The quantitative estimate of drug-likeness (QED) is 0.535. The third kappa shape index (κ3) is 4.51. The first-order valence-electron chi connectivity index (χ1n) is 10.0. The molecule has 7 nitrogen and oxygen atoms in total. The Morgan fingerprint density at radius 2 is 1.55 bits per heavy atom. The van der Waals surface area contributed by atoms with Gasteiger partial charge in [-0.15, -0.1) is 5.76 Å². The normalized spacial score (nSPS) is 22.0. The Kier molecular flexibility index (Phi) is 5.78. The van der Waals surface area contributed by atoms with Gasteiger partial charge in [-0.3, -0.25) is 19.7 Å². The molecule has 0 heterocycles. The number of ketones is 2. The van der Waals surface area contributed by atoms with Gasteiger partial charge in [-0.05, 0) is 34.5 Å². The van der Waals surface area contributed by atoms with E-state index in [4.69, 9.17) is 11.6 Å². The van der Waals surface area contributed by atoms with Crippen molar-refractivity contribution in [3.8, 4) is 0 Å². The summed E-state index contributed by atoms with van der Waals surface area (Å²) in [5.41, 5.74) is -1.33. The van der Waals surface area contributed by atoms with Crippen LogP contribution >= 0.6 is 11.6 Å². The number of nitrogens with zero attached hydrogens (tertiary/aromatic N) is 1. The van der Waals surface area contributed by atoms with Gasteiger partial charge in [-0.1, -0.05) is 45.4 Å². The molecule has 1 unspecified atom stereocenters. The number of Topliss-reactive ketones (excluding diaryl/α,β-unsaturated/α-hetero) is 2. The van der Waals surface area contributed by atoms with Gasteiger partial charge >= 0.3 is 0 Å². The molecule has 1 N–H and O–H groups in total. The highest BCUT2D eigenvalue weighted by Crippen LogP contribution is 2.48. The summed E-state index contributed by atoms with van der Waals surface area (Å²) >= 11 is 5.95. The number of allylic oxidation sites excluding steroid dienone is 4. The molecule has 1 aromatic carbocycles. The van der Waals surface area contributed by atoms with Crippen molar-refractivity contribution in [3.63, 3.8) is 0 Å². The Labute approximate surface area is 185 Å². The largest absolute Gasteiger partial charge is 0.875 e. The second-order valence-electron chi connectivity index (χ2n) is 9.98. The van der Waals surface area contributed by atoms with E-state index in [2.05, 4.69) is 0 Å². The van der Waals surface area contributed by atoms with Crippen molar-refractivity contribution in [3.05, 3.63) is 61.6 Å². The first-order valence-corrected chi connectivity index (χ1v) is 10.4. The van der Waals surface area contributed by atoms with Crippen molar-refractivity contribution >= 4 is 28.9 Å². The van der Waals surface area contributed by atoms with E-state index in [1.807, 2.05) is 27.7 Å². The van der Waals surface area contributed by atoms with Crippen LogP contribution in [0.5, 0.6) is 0 Å². The molecule has 2 aliphatic rings. The van der Waals surface area contributed by atoms with Crippen molar-refractivity contribution in [2.45, 2.75) is 59.3 Å². The Bertz CT molecular complexity index is 998. The van der Waals surface area contributed by atoms with Crippen molar-refractivity contribution in [1.29, 1.82) is 0 Å². The second-order valence-corrected chi connectivity index (χ2v) is 10.4. The van der Waals surface area contributed by atoms with Crippen LogP contribution < -0.4 is 5.11 Å². The third-order valence-electron chi connectivity index (χ3n) is 5.85. The van der Waals surface area contributed by atoms with Crippen LogP contribution in [0.25, 0.3) is 0 Å². The maximum Gasteiger partial charge on any atom is 0.288 e. The molecule has 8 heteroatoms. The number of hydrogen-bond donors (Lipinski definition) is 1. The number of carbonyl (C=O) groups is 2. The van der Waals surface area contributed by atoms with Gasteiger partial charge in [-0.25, -0.2) is 0 Å². The van der Waals surface area contributed by atoms with Crippen LogP contribution in [-0.4, -0.2) is 21.6 Å². The fraction of sp³-hybridized carbons (Fsp3) is 0.478. The summed E-state index contributed by atoms with van der Waals surface area (Å²) in [6.45, 7) is 7.30. The molecule has 0 saturated carbocycles. The number of nitro groups is 1. The van der Waals surface area contributed by atoms with E-state index < -0.39 is 38.9 Å². The number of nitro benzene ring substituents is 1. The van der Waals surface area contributed by atoms with Crippen LogP contribution in [-0.2, 0) is 9.59 Å². The molecule has 166 valence electrons. The summed E-state index contributed by atoms with van der Waals surface area (Å²) in [5.74, 6) is -2.57. The van der Waals surface area contributed by atoms with Crippen LogP contribution in [0, 0.1) is 20.9 Å². The van der Waals surface area contributed by atoms with E-state index in [9.17, 15) is 29.9 Å². The molecule has 31 heavy (non-hydrogen) atoms. The Morgan fingerprint density at radius 1 is 1.00 bits per heavy atom. The maximum atomic E-state index is 13.1. The van der Waals surface area contributed by atoms with Crippen LogP contribution in [0.1, 0.15) is 64.9 Å². The van der Waals surface area contributed by atoms with Crippen LogP contribution in [0.2, 0.25) is 5.02 Å².